The summed E-state index contributed by atoms with van der Waals surface area (Å²) < 4.78 is 23.7. The second kappa shape index (κ2) is 8.97. The minimum Gasteiger partial charge on any atom is -0.341 e. The zero-order chi connectivity index (χ0) is 21.0. The average molecular weight is 435 g/mol. The lowest BCUT2D eigenvalue weighted by Gasteiger charge is -2.24. The van der Waals surface area contributed by atoms with Gasteiger partial charge in [0.15, 0.2) is 9.84 Å². The molecule has 1 N–H and O–H groups in total. The Morgan fingerprint density at radius 2 is 1.76 bits per heavy atom. The van der Waals surface area contributed by atoms with Gasteiger partial charge in [0, 0.05) is 25.8 Å². The molecule has 0 bridgehead atoms. The maximum atomic E-state index is 13.0. The maximum absolute atomic E-state index is 13.0. The van der Waals surface area contributed by atoms with Crippen LogP contribution in [0.2, 0.25) is 5.02 Å². The van der Waals surface area contributed by atoms with E-state index in [1.165, 1.54) is 18.2 Å². The standard InChI is InChI=1S/C21H23ClN2O4S/c1-29(27,28)16-9-10-18(22)17(14-16)20(25)23-19(13-15-7-3-2-4-8-15)21(26)24-11-5-6-12-24/h2-4,7-10,14,19H,5-6,11-13H2,1H3,(H,23,25). The molecule has 0 radical (unpaired) electrons. The quantitative estimate of drug-likeness (QED) is 0.757. The van der Waals surface area contributed by atoms with Crippen molar-refractivity contribution in [3.05, 3.63) is 64.7 Å². The van der Waals surface area contributed by atoms with Crippen molar-refractivity contribution in [3.8, 4) is 0 Å². The molecule has 1 atom stereocenters. The third-order valence-corrected chi connectivity index (χ3v) is 6.35. The molecule has 0 spiro atoms. The normalized spacial score (nSPS) is 15.2. The van der Waals surface area contributed by atoms with Gasteiger partial charge in [-0.15, -0.1) is 0 Å². The summed E-state index contributed by atoms with van der Waals surface area (Å²) in [6.45, 7) is 1.34. The summed E-state index contributed by atoms with van der Waals surface area (Å²) in [5.41, 5.74) is 0.947. The highest BCUT2D eigenvalue weighted by Crippen LogP contribution is 2.21. The molecule has 2 aromatic rings. The molecule has 2 aromatic carbocycles. The number of carbonyl (C=O) groups excluding carboxylic acids is 2. The zero-order valence-corrected chi connectivity index (χ0v) is 17.7. The van der Waals surface area contributed by atoms with Gasteiger partial charge in [0.1, 0.15) is 6.04 Å². The molecule has 154 valence electrons. The van der Waals surface area contributed by atoms with Crippen LogP contribution in [0, 0.1) is 0 Å². The van der Waals surface area contributed by atoms with Crippen molar-refractivity contribution in [1.82, 2.24) is 10.2 Å². The minimum absolute atomic E-state index is 0.00229. The van der Waals surface area contributed by atoms with Crippen molar-refractivity contribution in [1.29, 1.82) is 0 Å². The monoisotopic (exact) mass is 434 g/mol. The summed E-state index contributed by atoms with van der Waals surface area (Å²) in [4.78, 5) is 27.7. The number of amides is 2. The van der Waals surface area contributed by atoms with Gasteiger partial charge in [-0.3, -0.25) is 9.59 Å². The van der Waals surface area contributed by atoms with Gasteiger partial charge in [0.2, 0.25) is 5.91 Å². The summed E-state index contributed by atoms with van der Waals surface area (Å²) in [5.74, 6) is -0.718. The first-order chi connectivity index (χ1) is 13.8. The van der Waals surface area contributed by atoms with Crippen molar-refractivity contribution >= 4 is 33.3 Å². The molecular formula is C21H23ClN2O4S. The van der Waals surface area contributed by atoms with E-state index in [0.717, 1.165) is 24.7 Å². The number of halogens is 1. The van der Waals surface area contributed by atoms with Crippen LogP contribution in [0.1, 0.15) is 28.8 Å². The summed E-state index contributed by atoms with van der Waals surface area (Å²) >= 11 is 6.14. The van der Waals surface area contributed by atoms with E-state index in [4.69, 9.17) is 11.6 Å². The van der Waals surface area contributed by atoms with Gasteiger partial charge in [-0.2, -0.15) is 0 Å². The van der Waals surface area contributed by atoms with E-state index < -0.39 is 21.8 Å². The van der Waals surface area contributed by atoms with Crippen LogP contribution >= 0.6 is 11.6 Å². The summed E-state index contributed by atoms with van der Waals surface area (Å²) in [6.07, 6.45) is 3.29. The molecule has 1 fully saturated rings. The fourth-order valence-electron chi connectivity index (χ4n) is 3.35. The molecule has 6 nitrogen and oxygen atoms in total. The molecule has 2 amide bonds. The summed E-state index contributed by atoms with van der Waals surface area (Å²) in [6, 6.07) is 12.6. The third kappa shape index (κ3) is 5.36. The van der Waals surface area contributed by atoms with Gasteiger partial charge in [0.05, 0.1) is 15.5 Å². The first-order valence-electron chi connectivity index (χ1n) is 9.39. The highest BCUT2D eigenvalue weighted by Gasteiger charge is 2.29. The van der Waals surface area contributed by atoms with Gasteiger partial charge in [-0.05, 0) is 36.6 Å². The van der Waals surface area contributed by atoms with Crippen LogP contribution in [0.5, 0.6) is 0 Å². The zero-order valence-electron chi connectivity index (χ0n) is 16.1. The number of sulfone groups is 1. The van der Waals surface area contributed by atoms with E-state index in [9.17, 15) is 18.0 Å². The number of nitrogens with zero attached hydrogens (tertiary/aromatic N) is 1. The lowest BCUT2D eigenvalue weighted by Crippen LogP contribution is -2.49. The molecular weight excluding hydrogens is 412 g/mol. The van der Waals surface area contributed by atoms with Crippen molar-refractivity contribution in [2.45, 2.75) is 30.2 Å². The predicted molar refractivity (Wildman–Crippen MR) is 112 cm³/mol. The Morgan fingerprint density at radius 3 is 2.38 bits per heavy atom. The largest absolute Gasteiger partial charge is 0.341 e. The fourth-order valence-corrected chi connectivity index (χ4v) is 4.20. The van der Waals surface area contributed by atoms with E-state index in [1.807, 2.05) is 30.3 Å². The predicted octanol–water partition coefficient (Wildman–Crippen LogP) is 2.71. The number of nitrogens with one attached hydrogen (secondary N) is 1. The molecule has 29 heavy (non-hydrogen) atoms. The van der Waals surface area contributed by atoms with Gasteiger partial charge in [-0.1, -0.05) is 41.9 Å². The number of rotatable bonds is 6. The second-order valence-corrected chi connectivity index (χ2v) is 9.58. The Labute approximate surface area is 175 Å². The molecule has 1 aliphatic heterocycles. The van der Waals surface area contributed by atoms with Crippen LogP contribution in [-0.4, -0.2) is 50.5 Å². The number of hydrogen-bond donors (Lipinski definition) is 1. The SMILES string of the molecule is CS(=O)(=O)c1ccc(Cl)c(C(=O)NC(Cc2ccccc2)C(=O)N2CCCC2)c1. The lowest BCUT2D eigenvalue weighted by atomic mass is 10.0. The highest BCUT2D eigenvalue weighted by molar-refractivity contribution is 7.90. The van der Waals surface area contributed by atoms with Crippen molar-refractivity contribution in [2.24, 2.45) is 0 Å². The second-order valence-electron chi connectivity index (χ2n) is 7.16. The summed E-state index contributed by atoms with van der Waals surface area (Å²) in [7, 11) is -3.50. The first kappa shape index (κ1) is 21.3. The topological polar surface area (TPSA) is 83.5 Å². The smallest absolute Gasteiger partial charge is 0.253 e. The van der Waals surface area contributed by atoms with E-state index >= 15 is 0 Å². The Kier molecular flexibility index (Phi) is 6.59. The molecule has 1 heterocycles. The van der Waals surface area contributed by atoms with Crippen LogP contribution in [0.15, 0.2) is 53.4 Å². The van der Waals surface area contributed by atoms with Crippen LogP contribution in [0.4, 0.5) is 0 Å². The Balaban J connectivity index is 1.86. The number of carbonyl (C=O) groups is 2. The maximum Gasteiger partial charge on any atom is 0.253 e. The number of hydrogen-bond acceptors (Lipinski definition) is 4. The highest BCUT2D eigenvalue weighted by atomic mass is 35.5. The van der Waals surface area contributed by atoms with Crippen LogP contribution in [0.3, 0.4) is 0 Å². The van der Waals surface area contributed by atoms with Gasteiger partial charge < -0.3 is 10.2 Å². The van der Waals surface area contributed by atoms with Gasteiger partial charge in [-0.25, -0.2) is 8.42 Å². The Hall–Kier alpha value is -2.38. The van der Waals surface area contributed by atoms with Crippen LogP contribution in [-0.2, 0) is 21.1 Å². The van der Waals surface area contributed by atoms with E-state index in [1.54, 1.807) is 4.90 Å². The number of likely N-dealkylation sites (tertiary alicyclic amines) is 1. The van der Waals surface area contributed by atoms with Crippen LogP contribution in [0.25, 0.3) is 0 Å². The average Bonchev–Trinajstić information content (AvgIpc) is 3.22. The Morgan fingerprint density at radius 1 is 1.10 bits per heavy atom. The molecule has 1 saturated heterocycles. The molecule has 1 aliphatic rings. The number of benzene rings is 2. The van der Waals surface area contributed by atoms with E-state index in [2.05, 4.69) is 5.32 Å². The van der Waals surface area contributed by atoms with Crippen LogP contribution < -0.4 is 5.32 Å². The summed E-state index contributed by atoms with van der Waals surface area (Å²) in [5, 5.41) is 2.90. The lowest BCUT2D eigenvalue weighted by molar-refractivity contribution is -0.132. The van der Waals surface area contributed by atoms with Gasteiger partial charge >= 0.3 is 0 Å². The molecule has 0 aliphatic carbocycles. The van der Waals surface area contributed by atoms with Crippen molar-refractivity contribution in [3.63, 3.8) is 0 Å². The fraction of sp³-hybridized carbons (Fsp3) is 0.333. The van der Waals surface area contributed by atoms with Crippen molar-refractivity contribution in [2.75, 3.05) is 19.3 Å². The Bertz CT molecular complexity index is 1000. The molecule has 8 heteroatoms. The first-order valence-corrected chi connectivity index (χ1v) is 11.7. The van der Waals surface area contributed by atoms with Crippen molar-refractivity contribution < 1.29 is 18.0 Å². The van der Waals surface area contributed by atoms with E-state index in [0.29, 0.717) is 19.5 Å². The van der Waals surface area contributed by atoms with Gasteiger partial charge in [0.25, 0.3) is 5.91 Å². The molecule has 3 rings (SSSR count). The molecule has 0 saturated carbocycles. The van der Waals surface area contributed by atoms with E-state index in [-0.39, 0.29) is 21.4 Å². The minimum atomic E-state index is -3.50. The third-order valence-electron chi connectivity index (χ3n) is 4.91. The molecule has 0 aromatic heterocycles. The molecule has 1 unspecified atom stereocenters.